The summed E-state index contributed by atoms with van der Waals surface area (Å²) < 4.78 is 5.96. The number of aliphatic imine (C=N–C) groups is 1. The van der Waals surface area contributed by atoms with Gasteiger partial charge < -0.3 is 20.0 Å². The van der Waals surface area contributed by atoms with Gasteiger partial charge in [-0.05, 0) is 25.8 Å². The minimum atomic E-state index is 0. The summed E-state index contributed by atoms with van der Waals surface area (Å²) in [5.74, 6) is 2.01. The molecule has 1 amide bonds. The van der Waals surface area contributed by atoms with Crippen LogP contribution >= 0.6 is 24.0 Å². The Morgan fingerprint density at radius 2 is 1.96 bits per heavy atom. The third kappa shape index (κ3) is 5.18. The fourth-order valence-electron chi connectivity index (χ4n) is 3.55. The molecule has 0 saturated carbocycles. The van der Waals surface area contributed by atoms with Crippen molar-refractivity contribution >= 4 is 46.8 Å². The molecular formula is C21H31IN4O2. The number of piperidine rings is 1. The molecule has 28 heavy (non-hydrogen) atoms. The SMILES string of the molecule is CN=C(NCc1oc2ccccc2c1C)NC1CCN(C(=O)C(C)C)CC1.I. The maximum absolute atomic E-state index is 12.1. The molecule has 2 N–H and O–H groups in total. The molecule has 154 valence electrons. The van der Waals surface area contributed by atoms with Crippen molar-refractivity contribution in [3.63, 3.8) is 0 Å². The lowest BCUT2D eigenvalue weighted by molar-refractivity contribution is -0.135. The second kappa shape index (κ2) is 10.1. The summed E-state index contributed by atoms with van der Waals surface area (Å²) in [7, 11) is 1.78. The van der Waals surface area contributed by atoms with E-state index in [2.05, 4.69) is 28.6 Å². The van der Waals surface area contributed by atoms with Gasteiger partial charge in [0, 0.05) is 43.0 Å². The lowest BCUT2D eigenvalue weighted by Gasteiger charge is -2.34. The van der Waals surface area contributed by atoms with E-state index in [1.54, 1.807) is 7.05 Å². The molecule has 0 unspecified atom stereocenters. The molecule has 6 nitrogen and oxygen atoms in total. The summed E-state index contributed by atoms with van der Waals surface area (Å²) in [6, 6.07) is 8.41. The molecule has 2 heterocycles. The van der Waals surface area contributed by atoms with E-state index in [0.29, 0.717) is 12.6 Å². The summed E-state index contributed by atoms with van der Waals surface area (Å²) in [4.78, 5) is 18.4. The maximum atomic E-state index is 12.1. The van der Waals surface area contributed by atoms with Gasteiger partial charge in [-0.25, -0.2) is 0 Å². The number of carbonyl (C=O) groups excluding carboxylic acids is 1. The van der Waals surface area contributed by atoms with Gasteiger partial charge in [0.2, 0.25) is 5.91 Å². The Kier molecular flexibility index (Phi) is 8.15. The van der Waals surface area contributed by atoms with Crippen LogP contribution in [0.4, 0.5) is 0 Å². The van der Waals surface area contributed by atoms with Gasteiger partial charge in [0.25, 0.3) is 0 Å². The standard InChI is InChI=1S/C21H30N4O2.HI/c1-14(2)20(26)25-11-9-16(10-12-25)24-21(22-4)23-13-19-15(3)17-7-5-6-8-18(17)27-19;/h5-8,14,16H,9-13H2,1-4H3,(H2,22,23,24);1H. The predicted octanol–water partition coefficient (Wildman–Crippen LogP) is 3.67. The molecule has 1 saturated heterocycles. The zero-order valence-corrected chi connectivity index (χ0v) is 19.4. The van der Waals surface area contributed by atoms with Crippen molar-refractivity contribution in [1.82, 2.24) is 15.5 Å². The Bertz CT molecular complexity index is 823. The van der Waals surface area contributed by atoms with Gasteiger partial charge in [0.15, 0.2) is 5.96 Å². The molecular weight excluding hydrogens is 467 g/mol. The van der Waals surface area contributed by atoms with E-state index < -0.39 is 0 Å². The van der Waals surface area contributed by atoms with E-state index in [-0.39, 0.29) is 35.8 Å². The van der Waals surface area contributed by atoms with Crippen molar-refractivity contribution in [3.8, 4) is 0 Å². The zero-order valence-electron chi connectivity index (χ0n) is 17.1. The van der Waals surface area contributed by atoms with Crippen molar-refractivity contribution < 1.29 is 9.21 Å². The quantitative estimate of drug-likeness (QED) is 0.384. The van der Waals surface area contributed by atoms with Crippen LogP contribution in [-0.4, -0.2) is 42.9 Å². The molecule has 2 aromatic rings. The third-order valence-corrected chi connectivity index (χ3v) is 5.22. The highest BCUT2D eigenvalue weighted by Gasteiger charge is 2.24. The number of rotatable bonds is 4. The number of carbonyl (C=O) groups is 1. The number of nitrogens with one attached hydrogen (secondary N) is 2. The Hall–Kier alpha value is -1.77. The minimum Gasteiger partial charge on any atom is -0.459 e. The molecule has 0 aliphatic carbocycles. The molecule has 0 atom stereocenters. The van der Waals surface area contributed by atoms with Crippen LogP contribution in [0.3, 0.4) is 0 Å². The lowest BCUT2D eigenvalue weighted by atomic mass is 10.0. The number of para-hydroxylation sites is 1. The molecule has 0 spiro atoms. The first-order valence-corrected chi connectivity index (χ1v) is 9.72. The van der Waals surface area contributed by atoms with E-state index >= 15 is 0 Å². The monoisotopic (exact) mass is 498 g/mol. The van der Waals surface area contributed by atoms with Crippen LogP contribution in [0, 0.1) is 12.8 Å². The minimum absolute atomic E-state index is 0. The van der Waals surface area contributed by atoms with Crippen molar-refractivity contribution in [1.29, 1.82) is 0 Å². The van der Waals surface area contributed by atoms with E-state index in [1.165, 1.54) is 0 Å². The van der Waals surface area contributed by atoms with Crippen molar-refractivity contribution in [2.24, 2.45) is 10.9 Å². The van der Waals surface area contributed by atoms with Gasteiger partial charge in [0.05, 0.1) is 6.54 Å². The number of nitrogens with zero attached hydrogens (tertiary/aromatic N) is 2. The lowest BCUT2D eigenvalue weighted by Crippen LogP contribution is -2.50. The molecule has 1 aromatic carbocycles. The second-order valence-electron chi connectivity index (χ2n) is 7.47. The van der Waals surface area contributed by atoms with Gasteiger partial charge in [-0.3, -0.25) is 9.79 Å². The number of amides is 1. The number of furan rings is 1. The van der Waals surface area contributed by atoms with Crippen LogP contribution in [-0.2, 0) is 11.3 Å². The van der Waals surface area contributed by atoms with E-state index in [9.17, 15) is 4.79 Å². The largest absolute Gasteiger partial charge is 0.459 e. The predicted molar refractivity (Wildman–Crippen MR) is 124 cm³/mol. The number of fused-ring (bicyclic) bond motifs is 1. The number of guanidine groups is 1. The summed E-state index contributed by atoms with van der Waals surface area (Å²) in [6.45, 7) is 8.19. The average Bonchev–Trinajstić information content (AvgIpc) is 3.01. The van der Waals surface area contributed by atoms with Crippen LogP contribution in [0.2, 0.25) is 0 Å². The summed E-state index contributed by atoms with van der Waals surface area (Å²) in [5, 5.41) is 7.98. The number of likely N-dealkylation sites (tertiary alicyclic amines) is 1. The normalized spacial score (nSPS) is 15.6. The fraction of sp³-hybridized carbons (Fsp3) is 0.524. The fourth-order valence-corrected chi connectivity index (χ4v) is 3.55. The first-order chi connectivity index (χ1) is 13.0. The van der Waals surface area contributed by atoms with Gasteiger partial charge >= 0.3 is 0 Å². The molecule has 3 rings (SSSR count). The molecule has 1 aromatic heterocycles. The Balaban J connectivity index is 0.00000280. The molecule has 0 radical (unpaired) electrons. The summed E-state index contributed by atoms with van der Waals surface area (Å²) >= 11 is 0. The van der Waals surface area contributed by atoms with E-state index in [0.717, 1.165) is 54.2 Å². The molecule has 7 heteroatoms. The smallest absolute Gasteiger partial charge is 0.225 e. The van der Waals surface area contributed by atoms with Gasteiger partial charge in [-0.2, -0.15) is 0 Å². The highest BCUT2D eigenvalue weighted by molar-refractivity contribution is 14.0. The first kappa shape index (κ1) is 22.5. The van der Waals surface area contributed by atoms with Crippen molar-refractivity contribution in [2.45, 2.75) is 46.2 Å². The number of aryl methyl sites for hydroxylation is 1. The number of hydrogen-bond donors (Lipinski definition) is 2. The third-order valence-electron chi connectivity index (χ3n) is 5.22. The Morgan fingerprint density at radius 3 is 2.57 bits per heavy atom. The van der Waals surface area contributed by atoms with Crippen LogP contribution < -0.4 is 10.6 Å². The highest BCUT2D eigenvalue weighted by Crippen LogP contribution is 2.24. The van der Waals surface area contributed by atoms with Crippen LogP contribution in [0.5, 0.6) is 0 Å². The number of halogens is 1. The molecule has 0 bridgehead atoms. The van der Waals surface area contributed by atoms with Crippen LogP contribution in [0.1, 0.15) is 38.0 Å². The van der Waals surface area contributed by atoms with E-state index in [1.807, 2.05) is 36.9 Å². The van der Waals surface area contributed by atoms with Gasteiger partial charge in [0.1, 0.15) is 11.3 Å². The summed E-state index contributed by atoms with van der Waals surface area (Å²) in [5.41, 5.74) is 2.07. The van der Waals surface area contributed by atoms with Crippen molar-refractivity contribution in [3.05, 3.63) is 35.6 Å². The molecule has 1 fully saturated rings. The maximum Gasteiger partial charge on any atom is 0.225 e. The molecule has 1 aliphatic rings. The number of hydrogen-bond acceptors (Lipinski definition) is 3. The zero-order chi connectivity index (χ0) is 19.4. The van der Waals surface area contributed by atoms with Crippen LogP contribution in [0.25, 0.3) is 11.0 Å². The van der Waals surface area contributed by atoms with Gasteiger partial charge in [-0.15, -0.1) is 24.0 Å². The number of benzene rings is 1. The Morgan fingerprint density at radius 1 is 1.29 bits per heavy atom. The average molecular weight is 498 g/mol. The molecule has 1 aliphatic heterocycles. The summed E-state index contributed by atoms with van der Waals surface area (Å²) in [6.07, 6.45) is 1.87. The van der Waals surface area contributed by atoms with Gasteiger partial charge in [-0.1, -0.05) is 32.0 Å². The highest BCUT2D eigenvalue weighted by atomic mass is 127. The Labute approximate surface area is 184 Å². The van der Waals surface area contributed by atoms with Crippen molar-refractivity contribution in [2.75, 3.05) is 20.1 Å². The first-order valence-electron chi connectivity index (χ1n) is 9.72. The second-order valence-corrected chi connectivity index (χ2v) is 7.47. The van der Waals surface area contributed by atoms with Crippen LogP contribution in [0.15, 0.2) is 33.7 Å². The topological polar surface area (TPSA) is 69.9 Å². The van der Waals surface area contributed by atoms with E-state index in [4.69, 9.17) is 4.42 Å².